The minimum atomic E-state index is -0.199. The van der Waals surface area contributed by atoms with Crippen molar-refractivity contribution in [1.82, 2.24) is 5.32 Å². The lowest BCUT2D eigenvalue weighted by Crippen LogP contribution is -2.20. The SMILES string of the molecule is C=CCCCCCOc1ccc(C(C)NCCC)c(F)c1. The van der Waals surface area contributed by atoms with E-state index in [0.29, 0.717) is 17.9 Å². The zero-order valence-corrected chi connectivity index (χ0v) is 13.3. The number of ether oxygens (including phenoxy) is 1. The summed E-state index contributed by atoms with van der Waals surface area (Å²) in [5.74, 6) is 0.415. The molecule has 1 aromatic rings. The average molecular weight is 293 g/mol. The molecular formula is C18H28FNO. The highest BCUT2D eigenvalue weighted by Gasteiger charge is 2.11. The summed E-state index contributed by atoms with van der Waals surface area (Å²) in [5, 5.41) is 3.29. The lowest BCUT2D eigenvalue weighted by atomic mass is 10.1. The molecular weight excluding hydrogens is 265 g/mol. The van der Waals surface area contributed by atoms with Crippen LogP contribution in [-0.4, -0.2) is 13.2 Å². The van der Waals surface area contributed by atoms with E-state index in [9.17, 15) is 4.39 Å². The fourth-order valence-electron chi connectivity index (χ4n) is 2.18. The first-order valence-electron chi connectivity index (χ1n) is 7.95. The Labute approximate surface area is 128 Å². The molecule has 0 saturated carbocycles. The maximum Gasteiger partial charge on any atom is 0.131 e. The van der Waals surface area contributed by atoms with E-state index in [0.717, 1.165) is 38.6 Å². The molecule has 1 unspecified atom stereocenters. The third-order valence-corrected chi connectivity index (χ3v) is 3.46. The zero-order chi connectivity index (χ0) is 15.5. The number of rotatable bonds is 11. The largest absolute Gasteiger partial charge is 0.493 e. The van der Waals surface area contributed by atoms with Crippen molar-refractivity contribution in [3.8, 4) is 5.75 Å². The van der Waals surface area contributed by atoms with Gasteiger partial charge in [-0.05, 0) is 51.6 Å². The third kappa shape index (κ3) is 6.76. The van der Waals surface area contributed by atoms with Gasteiger partial charge in [-0.1, -0.05) is 19.1 Å². The molecule has 2 nitrogen and oxygen atoms in total. The van der Waals surface area contributed by atoms with Gasteiger partial charge in [0, 0.05) is 17.7 Å². The Hall–Kier alpha value is -1.35. The number of hydrogen-bond donors (Lipinski definition) is 1. The first-order chi connectivity index (χ1) is 10.2. The lowest BCUT2D eigenvalue weighted by molar-refractivity contribution is 0.303. The van der Waals surface area contributed by atoms with Crippen molar-refractivity contribution in [2.45, 2.75) is 52.0 Å². The molecule has 0 aliphatic rings. The van der Waals surface area contributed by atoms with Crippen LogP contribution in [0.2, 0.25) is 0 Å². The van der Waals surface area contributed by atoms with Crippen LogP contribution < -0.4 is 10.1 Å². The van der Waals surface area contributed by atoms with Crippen LogP contribution in [0.25, 0.3) is 0 Å². The summed E-state index contributed by atoms with van der Waals surface area (Å²) in [6.07, 6.45) is 7.27. The zero-order valence-electron chi connectivity index (χ0n) is 13.3. The van der Waals surface area contributed by atoms with Gasteiger partial charge < -0.3 is 10.1 Å². The summed E-state index contributed by atoms with van der Waals surface area (Å²) >= 11 is 0. The van der Waals surface area contributed by atoms with E-state index in [-0.39, 0.29) is 11.9 Å². The standard InChI is InChI=1S/C18H28FNO/c1-4-6-7-8-9-13-21-16-10-11-17(18(19)14-16)15(3)20-12-5-2/h4,10-11,14-15,20H,1,5-9,12-13H2,2-3H3. The molecule has 0 saturated heterocycles. The van der Waals surface area contributed by atoms with Crippen molar-refractivity contribution in [1.29, 1.82) is 0 Å². The maximum absolute atomic E-state index is 14.1. The molecule has 1 atom stereocenters. The normalized spacial score (nSPS) is 12.1. The van der Waals surface area contributed by atoms with E-state index in [1.54, 1.807) is 0 Å². The van der Waals surface area contributed by atoms with E-state index < -0.39 is 0 Å². The first-order valence-corrected chi connectivity index (χ1v) is 7.95. The molecule has 118 valence electrons. The summed E-state index contributed by atoms with van der Waals surface area (Å²) in [6.45, 7) is 9.31. The minimum Gasteiger partial charge on any atom is -0.493 e. The number of benzene rings is 1. The minimum absolute atomic E-state index is 0.0258. The highest BCUT2D eigenvalue weighted by molar-refractivity contribution is 5.30. The van der Waals surface area contributed by atoms with Crippen molar-refractivity contribution in [3.63, 3.8) is 0 Å². The molecule has 21 heavy (non-hydrogen) atoms. The summed E-state index contributed by atoms with van der Waals surface area (Å²) in [7, 11) is 0. The number of nitrogens with one attached hydrogen (secondary N) is 1. The summed E-state index contributed by atoms with van der Waals surface area (Å²) in [5.41, 5.74) is 0.696. The Morgan fingerprint density at radius 2 is 2.14 bits per heavy atom. The quantitative estimate of drug-likeness (QED) is 0.457. The van der Waals surface area contributed by atoms with Crippen molar-refractivity contribution < 1.29 is 9.13 Å². The predicted molar refractivity (Wildman–Crippen MR) is 87.3 cm³/mol. The van der Waals surface area contributed by atoms with E-state index in [1.165, 1.54) is 6.07 Å². The number of allylic oxidation sites excluding steroid dienone is 1. The van der Waals surface area contributed by atoms with Crippen LogP contribution >= 0.6 is 0 Å². The van der Waals surface area contributed by atoms with Crippen LogP contribution in [0.3, 0.4) is 0 Å². The molecule has 1 N–H and O–H groups in total. The van der Waals surface area contributed by atoms with Gasteiger partial charge in [-0.25, -0.2) is 4.39 Å². The van der Waals surface area contributed by atoms with Gasteiger partial charge >= 0.3 is 0 Å². The van der Waals surface area contributed by atoms with Crippen molar-refractivity contribution in [2.75, 3.05) is 13.2 Å². The Kier molecular flexibility index (Phi) is 8.76. The van der Waals surface area contributed by atoms with Gasteiger partial charge in [0.15, 0.2) is 0 Å². The van der Waals surface area contributed by atoms with Crippen molar-refractivity contribution >= 4 is 0 Å². The van der Waals surface area contributed by atoms with Gasteiger partial charge in [0.05, 0.1) is 6.61 Å². The highest BCUT2D eigenvalue weighted by atomic mass is 19.1. The van der Waals surface area contributed by atoms with E-state index >= 15 is 0 Å². The summed E-state index contributed by atoms with van der Waals surface area (Å²) in [6, 6.07) is 5.18. The second-order valence-electron chi connectivity index (χ2n) is 5.35. The first kappa shape index (κ1) is 17.7. The van der Waals surface area contributed by atoms with Gasteiger partial charge in [0.2, 0.25) is 0 Å². The van der Waals surface area contributed by atoms with Gasteiger partial charge in [0.1, 0.15) is 11.6 Å². The number of hydrogen-bond acceptors (Lipinski definition) is 2. The molecule has 0 aliphatic carbocycles. The molecule has 0 heterocycles. The fraction of sp³-hybridized carbons (Fsp3) is 0.556. The predicted octanol–water partition coefficient (Wildman–Crippen LogP) is 5.01. The average Bonchev–Trinajstić information content (AvgIpc) is 2.48. The van der Waals surface area contributed by atoms with E-state index in [1.807, 2.05) is 25.1 Å². The van der Waals surface area contributed by atoms with Crippen LogP contribution in [0.5, 0.6) is 5.75 Å². The molecule has 0 radical (unpaired) electrons. The Bertz CT molecular complexity index is 420. The fourth-order valence-corrected chi connectivity index (χ4v) is 2.18. The van der Waals surface area contributed by atoms with E-state index in [2.05, 4.69) is 18.8 Å². The Morgan fingerprint density at radius 3 is 2.81 bits per heavy atom. The third-order valence-electron chi connectivity index (χ3n) is 3.46. The Balaban J connectivity index is 2.40. The summed E-state index contributed by atoms with van der Waals surface area (Å²) < 4.78 is 19.7. The van der Waals surface area contributed by atoms with Crippen molar-refractivity contribution in [2.24, 2.45) is 0 Å². The second kappa shape index (κ2) is 10.4. The molecule has 0 bridgehead atoms. The molecule has 0 spiro atoms. The van der Waals surface area contributed by atoms with Gasteiger partial charge in [-0.2, -0.15) is 0 Å². The molecule has 0 amide bonds. The monoisotopic (exact) mass is 293 g/mol. The smallest absolute Gasteiger partial charge is 0.131 e. The molecule has 1 rings (SSSR count). The van der Waals surface area contributed by atoms with E-state index in [4.69, 9.17) is 4.74 Å². The number of halogens is 1. The number of unbranched alkanes of at least 4 members (excludes halogenated alkanes) is 3. The van der Waals surface area contributed by atoms with Crippen LogP contribution in [0.1, 0.15) is 57.6 Å². The second-order valence-corrected chi connectivity index (χ2v) is 5.35. The van der Waals surface area contributed by atoms with Crippen molar-refractivity contribution in [3.05, 3.63) is 42.2 Å². The summed E-state index contributed by atoms with van der Waals surface area (Å²) in [4.78, 5) is 0. The molecule has 3 heteroatoms. The molecule has 0 fully saturated rings. The van der Waals surface area contributed by atoms with Crippen LogP contribution in [0.4, 0.5) is 4.39 Å². The topological polar surface area (TPSA) is 21.3 Å². The lowest BCUT2D eigenvalue weighted by Gasteiger charge is -2.15. The van der Waals surface area contributed by atoms with Crippen LogP contribution in [0, 0.1) is 5.82 Å². The van der Waals surface area contributed by atoms with Gasteiger partial charge in [-0.15, -0.1) is 6.58 Å². The van der Waals surface area contributed by atoms with Crippen LogP contribution in [0.15, 0.2) is 30.9 Å². The molecule has 0 aromatic heterocycles. The Morgan fingerprint density at radius 1 is 1.33 bits per heavy atom. The maximum atomic E-state index is 14.1. The van der Waals surface area contributed by atoms with Crippen LogP contribution in [-0.2, 0) is 0 Å². The van der Waals surface area contributed by atoms with Gasteiger partial charge in [0.25, 0.3) is 0 Å². The highest BCUT2D eigenvalue weighted by Crippen LogP contribution is 2.22. The molecule has 0 aliphatic heterocycles. The van der Waals surface area contributed by atoms with Gasteiger partial charge in [-0.3, -0.25) is 0 Å². The molecule has 1 aromatic carbocycles.